The standard InChI is InChI=1S/C16H24N2O6S/c1-2-23-16(19)13-24-14-3-5-15(6-4-14)25(20,21)17-7-8-18-9-11-22-12-10-18/h3-6,17H,2,7-13H2,1H3. The molecule has 0 radical (unpaired) electrons. The molecule has 2 rings (SSSR count). The summed E-state index contributed by atoms with van der Waals surface area (Å²) >= 11 is 0. The Kier molecular flexibility index (Phi) is 7.63. The Morgan fingerprint density at radius 2 is 1.92 bits per heavy atom. The van der Waals surface area contributed by atoms with Crippen LogP contribution in [0, 0.1) is 0 Å². The van der Waals surface area contributed by atoms with E-state index in [1.54, 1.807) is 6.92 Å². The first kappa shape index (κ1) is 19.6. The van der Waals surface area contributed by atoms with Crippen LogP contribution in [-0.2, 0) is 24.3 Å². The number of carbonyl (C=O) groups is 1. The molecule has 0 amide bonds. The zero-order valence-corrected chi connectivity index (χ0v) is 15.1. The van der Waals surface area contributed by atoms with Crippen LogP contribution in [0.2, 0.25) is 0 Å². The molecule has 1 saturated heterocycles. The van der Waals surface area contributed by atoms with E-state index < -0.39 is 16.0 Å². The van der Waals surface area contributed by atoms with Crippen molar-refractivity contribution in [3.63, 3.8) is 0 Å². The van der Waals surface area contributed by atoms with Crippen molar-refractivity contribution in [2.24, 2.45) is 0 Å². The second-order valence-corrected chi connectivity index (χ2v) is 7.18. The minimum atomic E-state index is -3.57. The fourth-order valence-corrected chi connectivity index (χ4v) is 3.33. The highest BCUT2D eigenvalue weighted by Crippen LogP contribution is 2.15. The normalized spacial score (nSPS) is 15.7. The molecule has 1 aliphatic heterocycles. The lowest BCUT2D eigenvalue weighted by atomic mass is 10.3. The monoisotopic (exact) mass is 372 g/mol. The number of sulfonamides is 1. The van der Waals surface area contributed by atoms with Crippen LogP contribution in [0.3, 0.4) is 0 Å². The number of hydrogen-bond donors (Lipinski definition) is 1. The molecule has 0 aliphatic carbocycles. The summed E-state index contributed by atoms with van der Waals surface area (Å²) in [5.74, 6) is -0.0655. The fraction of sp³-hybridized carbons (Fsp3) is 0.562. The highest BCUT2D eigenvalue weighted by atomic mass is 32.2. The summed E-state index contributed by atoms with van der Waals surface area (Å²) in [6, 6.07) is 5.90. The zero-order chi connectivity index (χ0) is 18.1. The van der Waals surface area contributed by atoms with Crippen molar-refractivity contribution in [2.75, 3.05) is 52.6 Å². The Hall–Kier alpha value is -1.68. The van der Waals surface area contributed by atoms with Gasteiger partial charge in [-0.05, 0) is 31.2 Å². The molecule has 8 nitrogen and oxygen atoms in total. The zero-order valence-electron chi connectivity index (χ0n) is 14.3. The van der Waals surface area contributed by atoms with E-state index in [4.69, 9.17) is 14.2 Å². The van der Waals surface area contributed by atoms with E-state index >= 15 is 0 Å². The van der Waals surface area contributed by atoms with Gasteiger partial charge in [-0.3, -0.25) is 4.90 Å². The van der Waals surface area contributed by atoms with E-state index in [-0.39, 0.29) is 18.1 Å². The van der Waals surface area contributed by atoms with Crippen LogP contribution in [0.5, 0.6) is 5.75 Å². The number of rotatable bonds is 9. The molecular formula is C16H24N2O6S. The largest absolute Gasteiger partial charge is 0.482 e. The van der Waals surface area contributed by atoms with Gasteiger partial charge in [0.1, 0.15) is 5.75 Å². The van der Waals surface area contributed by atoms with Crippen LogP contribution in [0.25, 0.3) is 0 Å². The molecule has 0 spiro atoms. The van der Waals surface area contributed by atoms with Crippen molar-refractivity contribution in [3.05, 3.63) is 24.3 Å². The van der Waals surface area contributed by atoms with E-state index in [1.807, 2.05) is 0 Å². The fourth-order valence-electron chi connectivity index (χ4n) is 2.31. The summed E-state index contributed by atoms with van der Waals surface area (Å²) < 4.78 is 42.4. The van der Waals surface area contributed by atoms with Crippen LogP contribution in [0.1, 0.15) is 6.92 Å². The average Bonchev–Trinajstić information content (AvgIpc) is 2.61. The molecule has 140 valence electrons. The van der Waals surface area contributed by atoms with Crippen LogP contribution in [0.4, 0.5) is 0 Å². The third-order valence-electron chi connectivity index (χ3n) is 3.62. The highest BCUT2D eigenvalue weighted by molar-refractivity contribution is 7.89. The summed E-state index contributed by atoms with van der Waals surface area (Å²) in [5.41, 5.74) is 0. The van der Waals surface area contributed by atoms with Crippen molar-refractivity contribution in [2.45, 2.75) is 11.8 Å². The molecule has 0 aromatic heterocycles. The van der Waals surface area contributed by atoms with Crippen LogP contribution in [-0.4, -0.2) is 71.9 Å². The molecule has 9 heteroatoms. The van der Waals surface area contributed by atoms with Gasteiger partial charge in [0.25, 0.3) is 0 Å². The lowest BCUT2D eigenvalue weighted by Gasteiger charge is -2.26. The van der Waals surface area contributed by atoms with Crippen molar-refractivity contribution >= 4 is 16.0 Å². The van der Waals surface area contributed by atoms with Crippen LogP contribution in [0.15, 0.2) is 29.2 Å². The summed E-state index contributed by atoms with van der Waals surface area (Å²) in [6.07, 6.45) is 0. The number of hydrogen-bond acceptors (Lipinski definition) is 7. The molecule has 1 aromatic carbocycles. The van der Waals surface area contributed by atoms with Crippen molar-refractivity contribution < 1.29 is 27.4 Å². The van der Waals surface area contributed by atoms with Gasteiger partial charge >= 0.3 is 5.97 Å². The number of carbonyl (C=O) groups excluding carboxylic acids is 1. The van der Waals surface area contributed by atoms with Gasteiger partial charge in [0.2, 0.25) is 10.0 Å². The SMILES string of the molecule is CCOC(=O)COc1ccc(S(=O)(=O)NCCN2CCOCC2)cc1. The maximum Gasteiger partial charge on any atom is 0.344 e. The predicted octanol–water partition coefficient (Wildman–Crippen LogP) is 0.239. The second kappa shape index (κ2) is 9.71. The van der Waals surface area contributed by atoms with Crippen LogP contribution >= 0.6 is 0 Å². The number of esters is 1. The number of nitrogens with zero attached hydrogens (tertiary/aromatic N) is 1. The first-order valence-electron chi connectivity index (χ1n) is 8.19. The number of nitrogens with one attached hydrogen (secondary N) is 1. The van der Waals surface area contributed by atoms with Crippen molar-refractivity contribution in [3.8, 4) is 5.75 Å². The topological polar surface area (TPSA) is 94.2 Å². The van der Waals surface area contributed by atoms with Crippen LogP contribution < -0.4 is 9.46 Å². The number of benzene rings is 1. The quantitative estimate of drug-likeness (QED) is 0.621. The maximum atomic E-state index is 12.3. The first-order valence-corrected chi connectivity index (χ1v) is 9.68. The van der Waals surface area contributed by atoms with Gasteiger partial charge in [-0.25, -0.2) is 17.9 Å². The molecule has 0 bridgehead atoms. The van der Waals surface area contributed by atoms with E-state index in [9.17, 15) is 13.2 Å². The minimum Gasteiger partial charge on any atom is -0.482 e. The molecule has 0 unspecified atom stereocenters. The van der Waals surface area contributed by atoms with E-state index in [2.05, 4.69) is 9.62 Å². The molecule has 1 heterocycles. The van der Waals surface area contributed by atoms with Crippen molar-refractivity contribution in [1.82, 2.24) is 9.62 Å². The summed E-state index contributed by atoms with van der Waals surface area (Å²) in [6.45, 7) is 5.76. The Morgan fingerprint density at radius 3 is 2.56 bits per heavy atom. The lowest BCUT2D eigenvalue weighted by Crippen LogP contribution is -2.41. The molecule has 1 fully saturated rings. The van der Waals surface area contributed by atoms with Gasteiger partial charge in [0, 0.05) is 26.2 Å². The highest BCUT2D eigenvalue weighted by Gasteiger charge is 2.15. The van der Waals surface area contributed by atoms with Gasteiger partial charge in [0.15, 0.2) is 6.61 Å². The average molecular weight is 372 g/mol. The Labute approximate surface area is 148 Å². The summed E-state index contributed by atoms with van der Waals surface area (Å²) in [5, 5.41) is 0. The molecule has 1 aliphatic rings. The lowest BCUT2D eigenvalue weighted by molar-refractivity contribution is -0.145. The van der Waals surface area contributed by atoms with Gasteiger partial charge in [-0.1, -0.05) is 0 Å². The first-order chi connectivity index (χ1) is 12.0. The second-order valence-electron chi connectivity index (χ2n) is 5.42. The molecule has 0 saturated carbocycles. The van der Waals surface area contributed by atoms with Gasteiger partial charge in [-0.15, -0.1) is 0 Å². The number of ether oxygens (including phenoxy) is 3. The Bertz CT molecular complexity index is 641. The van der Waals surface area contributed by atoms with E-state index in [0.29, 0.717) is 32.1 Å². The third kappa shape index (κ3) is 6.62. The predicted molar refractivity (Wildman–Crippen MR) is 91.0 cm³/mol. The molecule has 0 atom stereocenters. The Balaban J connectivity index is 1.81. The molecule has 25 heavy (non-hydrogen) atoms. The van der Waals surface area contributed by atoms with Gasteiger partial charge in [0.05, 0.1) is 24.7 Å². The molecular weight excluding hydrogens is 348 g/mol. The molecule has 1 aromatic rings. The third-order valence-corrected chi connectivity index (χ3v) is 5.10. The number of morpholine rings is 1. The smallest absolute Gasteiger partial charge is 0.344 e. The van der Waals surface area contributed by atoms with E-state index in [1.165, 1.54) is 24.3 Å². The van der Waals surface area contributed by atoms with Gasteiger partial charge in [-0.2, -0.15) is 0 Å². The van der Waals surface area contributed by atoms with Gasteiger partial charge < -0.3 is 14.2 Å². The van der Waals surface area contributed by atoms with Crippen molar-refractivity contribution in [1.29, 1.82) is 0 Å². The summed E-state index contributed by atoms with van der Waals surface area (Å²) in [4.78, 5) is 13.5. The molecule has 1 N–H and O–H groups in total. The van der Waals surface area contributed by atoms with E-state index in [0.717, 1.165) is 13.1 Å². The maximum absolute atomic E-state index is 12.3. The Morgan fingerprint density at radius 1 is 1.24 bits per heavy atom. The minimum absolute atomic E-state index is 0.151. The summed E-state index contributed by atoms with van der Waals surface area (Å²) in [7, 11) is -3.57.